The Kier molecular flexibility index (Phi) is 5.37. The van der Waals surface area contributed by atoms with Crippen LogP contribution in [0.25, 0.3) is 0 Å². The second-order valence-corrected chi connectivity index (χ2v) is 4.60. The van der Waals surface area contributed by atoms with Crippen LogP contribution < -0.4 is 10.5 Å². The van der Waals surface area contributed by atoms with Crippen LogP contribution in [0, 0.1) is 0 Å². The maximum Gasteiger partial charge on any atom is 0.325 e. The summed E-state index contributed by atoms with van der Waals surface area (Å²) in [5.41, 5.74) is 6.53. The first kappa shape index (κ1) is 15.8. The van der Waals surface area contributed by atoms with E-state index in [1.54, 1.807) is 18.2 Å². The SMILES string of the molecule is COC(=O)CN(C(=O)c1cc(N)cc(OC)c1)C(C)C. The fraction of sp³-hybridized carbons (Fsp3) is 0.429. The lowest BCUT2D eigenvalue weighted by Gasteiger charge is -2.25. The molecule has 0 aliphatic rings. The van der Waals surface area contributed by atoms with Gasteiger partial charge < -0.3 is 20.1 Å². The number of nitrogens with two attached hydrogens (primary N) is 1. The molecule has 6 heteroatoms. The number of methoxy groups -OCH3 is 2. The first-order chi connectivity index (χ1) is 9.38. The summed E-state index contributed by atoms with van der Waals surface area (Å²) >= 11 is 0. The first-order valence-electron chi connectivity index (χ1n) is 6.21. The Morgan fingerprint density at radius 1 is 1.25 bits per heavy atom. The number of carbonyl (C=O) groups excluding carboxylic acids is 2. The molecule has 0 unspecified atom stereocenters. The normalized spacial score (nSPS) is 10.2. The molecule has 1 aromatic rings. The number of benzene rings is 1. The third-order valence-corrected chi connectivity index (χ3v) is 2.82. The van der Waals surface area contributed by atoms with Gasteiger partial charge in [0.2, 0.25) is 0 Å². The average molecular weight is 280 g/mol. The lowest BCUT2D eigenvalue weighted by atomic mass is 10.1. The van der Waals surface area contributed by atoms with Crippen LogP contribution in [0.1, 0.15) is 24.2 Å². The summed E-state index contributed by atoms with van der Waals surface area (Å²) in [5.74, 6) is -0.269. The van der Waals surface area contributed by atoms with E-state index < -0.39 is 5.97 Å². The Labute approximate surface area is 118 Å². The molecule has 0 aliphatic carbocycles. The number of esters is 1. The molecule has 0 aliphatic heterocycles. The molecule has 2 N–H and O–H groups in total. The smallest absolute Gasteiger partial charge is 0.325 e. The van der Waals surface area contributed by atoms with Crippen molar-refractivity contribution in [2.24, 2.45) is 0 Å². The van der Waals surface area contributed by atoms with Gasteiger partial charge in [-0.3, -0.25) is 9.59 Å². The summed E-state index contributed by atoms with van der Waals surface area (Å²) in [4.78, 5) is 25.3. The third-order valence-electron chi connectivity index (χ3n) is 2.82. The van der Waals surface area contributed by atoms with Gasteiger partial charge in [-0.05, 0) is 26.0 Å². The molecular weight excluding hydrogens is 260 g/mol. The van der Waals surface area contributed by atoms with Gasteiger partial charge in [-0.25, -0.2) is 0 Å². The molecule has 0 radical (unpaired) electrons. The maximum absolute atomic E-state index is 12.5. The molecule has 1 amide bonds. The van der Waals surface area contributed by atoms with Gasteiger partial charge in [0.05, 0.1) is 14.2 Å². The summed E-state index contributed by atoms with van der Waals surface area (Å²) in [6, 6.07) is 4.62. The van der Waals surface area contributed by atoms with E-state index in [2.05, 4.69) is 4.74 Å². The van der Waals surface area contributed by atoms with Crippen molar-refractivity contribution in [1.29, 1.82) is 0 Å². The van der Waals surface area contributed by atoms with Crippen LogP contribution in [-0.2, 0) is 9.53 Å². The molecule has 0 atom stereocenters. The number of carbonyl (C=O) groups is 2. The number of hydrogen-bond acceptors (Lipinski definition) is 5. The van der Waals surface area contributed by atoms with E-state index in [1.165, 1.54) is 19.1 Å². The molecular formula is C14H20N2O4. The van der Waals surface area contributed by atoms with Crippen LogP contribution in [0.5, 0.6) is 5.75 Å². The van der Waals surface area contributed by atoms with Crippen LogP contribution in [0.3, 0.4) is 0 Å². The van der Waals surface area contributed by atoms with Gasteiger partial charge in [-0.1, -0.05) is 0 Å². The molecule has 0 saturated carbocycles. The Hall–Kier alpha value is -2.24. The number of nitrogens with zero attached hydrogens (tertiary/aromatic N) is 1. The summed E-state index contributed by atoms with van der Waals surface area (Å²) in [6.45, 7) is 3.54. The second-order valence-electron chi connectivity index (χ2n) is 4.60. The van der Waals surface area contributed by atoms with E-state index in [0.717, 1.165) is 0 Å². The highest BCUT2D eigenvalue weighted by Crippen LogP contribution is 2.20. The number of anilines is 1. The van der Waals surface area contributed by atoms with Crippen molar-refractivity contribution in [2.45, 2.75) is 19.9 Å². The highest BCUT2D eigenvalue weighted by atomic mass is 16.5. The average Bonchev–Trinajstić information content (AvgIpc) is 2.42. The van der Waals surface area contributed by atoms with E-state index in [9.17, 15) is 9.59 Å². The molecule has 0 heterocycles. The fourth-order valence-corrected chi connectivity index (χ4v) is 1.72. The minimum Gasteiger partial charge on any atom is -0.497 e. The number of nitrogen functional groups attached to an aromatic ring is 1. The van der Waals surface area contributed by atoms with Gasteiger partial charge in [0.15, 0.2) is 0 Å². The van der Waals surface area contributed by atoms with Gasteiger partial charge in [-0.2, -0.15) is 0 Å². The Morgan fingerprint density at radius 2 is 1.90 bits per heavy atom. The second kappa shape index (κ2) is 6.79. The van der Waals surface area contributed by atoms with Crippen molar-refractivity contribution >= 4 is 17.6 Å². The molecule has 0 bridgehead atoms. The Balaban J connectivity index is 3.06. The van der Waals surface area contributed by atoms with E-state index >= 15 is 0 Å². The van der Waals surface area contributed by atoms with Crippen molar-refractivity contribution in [3.05, 3.63) is 23.8 Å². The molecule has 0 fully saturated rings. The highest BCUT2D eigenvalue weighted by molar-refractivity contribution is 5.97. The van der Waals surface area contributed by atoms with Crippen molar-refractivity contribution in [3.8, 4) is 5.75 Å². The molecule has 20 heavy (non-hydrogen) atoms. The van der Waals surface area contributed by atoms with Crippen molar-refractivity contribution in [3.63, 3.8) is 0 Å². The molecule has 1 aromatic carbocycles. The number of hydrogen-bond donors (Lipinski definition) is 1. The quantitative estimate of drug-likeness (QED) is 0.649. The molecule has 0 saturated heterocycles. The van der Waals surface area contributed by atoms with E-state index in [1.807, 2.05) is 13.8 Å². The van der Waals surface area contributed by atoms with Crippen LogP contribution in [0.4, 0.5) is 5.69 Å². The summed E-state index contributed by atoms with van der Waals surface area (Å²) in [6.07, 6.45) is 0. The standard InChI is InChI=1S/C14H20N2O4/c1-9(2)16(8-13(17)20-4)14(18)10-5-11(15)7-12(6-10)19-3/h5-7,9H,8,15H2,1-4H3. The zero-order chi connectivity index (χ0) is 15.3. The van der Waals surface area contributed by atoms with Gasteiger partial charge in [0, 0.05) is 23.4 Å². The maximum atomic E-state index is 12.5. The largest absolute Gasteiger partial charge is 0.497 e. The van der Waals surface area contributed by atoms with Crippen LogP contribution in [-0.4, -0.2) is 43.6 Å². The molecule has 0 aromatic heterocycles. The molecule has 1 rings (SSSR count). The Morgan fingerprint density at radius 3 is 2.40 bits per heavy atom. The van der Waals surface area contributed by atoms with E-state index in [4.69, 9.17) is 10.5 Å². The Bertz CT molecular complexity index is 500. The minimum absolute atomic E-state index is 0.107. The number of ether oxygens (including phenoxy) is 2. The summed E-state index contributed by atoms with van der Waals surface area (Å²) in [7, 11) is 2.78. The van der Waals surface area contributed by atoms with E-state index in [0.29, 0.717) is 17.0 Å². The topological polar surface area (TPSA) is 81.9 Å². The van der Waals surface area contributed by atoms with Crippen molar-refractivity contribution in [1.82, 2.24) is 4.90 Å². The number of amides is 1. The monoisotopic (exact) mass is 280 g/mol. The van der Waals surface area contributed by atoms with E-state index in [-0.39, 0.29) is 18.5 Å². The first-order valence-corrected chi connectivity index (χ1v) is 6.21. The van der Waals surface area contributed by atoms with Crippen molar-refractivity contribution < 1.29 is 19.1 Å². The third kappa shape index (κ3) is 3.88. The summed E-state index contributed by atoms with van der Waals surface area (Å²) < 4.78 is 9.69. The van der Waals surface area contributed by atoms with Gasteiger partial charge in [-0.15, -0.1) is 0 Å². The lowest BCUT2D eigenvalue weighted by molar-refractivity contribution is -0.141. The summed E-state index contributed by atoms with van der Waals surface area (Å²) in [5, 5.41) is 0. The molecule has 110 valence electrons. The zero-order valence-corrected chi connectivity index (χ0v) is 12.2. The highest BCUT2D eigenvalue weighted by Gasteiger charge is 2.22. The van der Waals surface area contributed by atoms with Gasteiger partial charge >= 0.3 is 5.97 Å². The van der Waals surface area contributed by atoms with Crippen LogP contribution in [0.2, 0.25) is 0 Å². The zero-order valence-electron chi connectivity index (χ0n) is 12.2. The predicted molar refractivity (Wildman–Crippen MR) is 75.6 cm³/mol. The van der Waals surface area contributed by atoms with Crippen molar-refractivity contribution in [2.75, 3.05) is 26.5 Å². The van der Waals surface area contributed by atoms with Gasteiger partial charge in [0.1, 0.15) is 12.3 Å². The molecule has 6 nitrogen and oxygen atoms in total. The van der Waals surface area contributed by atoms with Gasteiger partial charge in [0.25, 0.3) is 5.91 Å². The van der Waals surface area contributed by atoms with Crippen LogP contribution in [0.15, 0.2) is 18.2 Å². The van der Waals surface area contributed by atoms with Crippen LogP contribution >= 0.6 is 0 Å². The lowest BCUT2D eigenvalue weighted by Crippen LogP contribution is -2.41. The fourth-order valence-electron chi connectivity index (χ4n) is 1.72. The minimum atomic E-state index is -0.470. The number of rotatable bonds is 5. The predicted octanol–water partition coefficient (Wildman–Crippen LogP) is 1.30. The molecule has 0 spiro atoms.